The van der Waals surface area contributed by atoms with Crippen LogP contribution in [0.25, 0.3) is 22.3 Å². The number of aromatic nitrogens is 3. The Morgan fingerprint density at radius 3 is 2.76 bits per heavy atom. The van der Waals surface area contributed by atoms with E-state index in [1.165, 1.54) is 24.3 Å². The van der Waals surface area contributed by atoms with E-state index < -0.39 is 20.6 Å². The number of thiazole rings is 1. The van der Waals surface area contributed by atoms with Crippen molar-refractivity contribution in [3.63, 3.8) is 0 Å². The van der Waals surface area contributed by atoms with Gasteiger partial charge >= 0.3 is 0 Å². The molecule has 7 nitrogen and oxygen atoms in total. The van der Waals surface area contributed by atoms with E-state index in [9.17, 15) is 18.1 Å². The van der Waals surface area contributed by atoms with E-state index in [0.717, 1.165) is 15.6 Å². The first-order valence-corrected chi connectivity index (χ1v) is 14.0. The molecule has 3 aromatic heterocycles. The van der Waals surface area contributed by atoms with Gasteiger partial charge in [0, 0.05) is 28.9 Å². The number of nitriles is 1. The number of pyridine rings is 1. The maximum atomic E-state index is 14.6. The zero-order valence-electron chi connectivity index (χ0n) is 19.8. The summed E-state index contributed by atoms with van der Waals surface area (Å²) in [5.41, 5.74) is 2.11. The van der Waals surface area contributed by atoms with Gasteiger partial charge in [-0.05, 0) is 61.9 Å². The number of rotatable bonds is 6. The highest BCUT2D eigenvalue weighted by Gasteiger charge is 2.49. The molecule has 2 unspecified atom stereocenters. The smallest absolute Gasteiger partial charge is 0.251 e. The number of hydrogen-bond donors (Lipinski definition) is 1. The number of halogens is 2. The van der Waals surface area contributed by atoms with Crippen molar-refractivity contribution in [3.8, 4) is 17.3 Å². The first-order valence-electron chi connectivity index (χ1n) is 11.4. The van der Waals surface area contributed by atoms with Crippen molar-refractivity contribution in [3.05, 3.63) is 82.7 Å². The van der Waals surface area contributed by atoms with Crippen LogP contribution in [-0.4, -0.2) is 28.1 Å². The fourth-order valence-corrected chi connectivity index (χ4v) is 8.06. The average molecular weight is 554 g/mol. The van der Waals surface area contributed by atoms with Gasteiger partial charge in [-0.25, -0.2) is 22.1 Å². The molecule has 188 valence electrons. The van der Waals surface area contributed by atoms with Gasteiger partial charge in [-0.2, -0.15) is 5.26 Å². The maximum Gasteiger partial charge on any atom is 0.251 e. The minimum atomic E-state index is -4.25. The lowest BCUT2D eigenvalue weighted by Crippen LogP contribution is -2.48. The molecule has 0 bridgehead atoms. The highest BCUT2D eigenvalue weighted by Crippen LogP contribution is 2.46. The summed E-state index contributed by atoms with van der Waals surface area (Å²) in [7, 11) is -4.25. The third-order valence-electron chi connectivity index (χ3n) is 6.53. The number of H-pyrrole nitrogens is 1. The van der Waals surface area contributed by atoms with Crippen molar-refractivity contribution in [1.29, 1.82) is 5.26 Å². The molecule has 1 aliphatic carbocycles. The SMILES string of the molecule is CCC1C=CC(Cl)=CC1(C)S(=O)(=O)N(c1nc(-c2ccc(F)cc2)c(C#N)s1)c1c[nH]c2cccnc12. The van der Waals surface area contributed by atoms with Gasteiger partial charge in [0.05, 0.1) is 5.52 Å². The highest BCUT2D eigenvalue weighted by molar-refractivity contribution is 7.94. The lowest BCUT2D eigenvalue weighted by molar-refractivity contribution is 0.479. The van der Waals surface area contributed by atoms with Gasteiger partial charge in [0.2, 0.25) is 5.13 Å². The van der Waals surface area contributed by atoms with E-state index in [-0.39, 0.29) is 27.3 Å². The first kappa shape index (κ1) is 25.1. The van der Waals surface area contributed by atoms with Crippen molar-refractivity contribution in [2.75, 3.05) is 4.31 Å². The van der Waals surface area contributed by atoms with Crippen molar-refractivity contribution in [1.82, 2.24) is 15.0 Å². The Morgan fingerprint density at radius 2 is 2.05 bits per heavy atom. The standard InChI is InChI=1S/C26H21ClFN5O2S2/c1-3-17-8-9-18(27)13-26(17,2)37(34,35)33(21-15-31-20-5-4-12-30-24(20)21)25-32-23(22(14-29)36-25)16-6-10-19(28)11-7-16/h4-13,15,17,31H,3H2,1-2H3. The second-order valence-corrected chi connectivity index (χ2v) is 12.3. The molecular formula is C26H21ClFN5O2S2. The number of nitrogens with one attached hydrogen (secondary N) is 1. The monoisotopic (exact) mass is 553 g/mol. The largest absolute Gasteiger partial charge is 0.358 e. The Kier molecular flexibility index (Phi) is 6.40. The molecule has 1 aliphatic rings. The van der Waals surface area contributed by atoms with E-state index in [1.807, 2.05) is 6.92 Å². The van der Waals surface area contributed by atoms with Crippen LogP contribution in [0.15, 0.2) is 72.1 Å². The number of allylic oxidation sites excluding steroid dienone is 3. The third kappa shape index (κ3) is 4.13. The molecule has 2 atom stereocenters. The summed E-state index contributed by atoms with van der Waals surface area (Å²) >= 11 is 7.27. The molecule has 0 spiro atoms. The zero-order valence-corrected chi connectivity index (χ0v) is 22.2. The molecule has 0 aliphatic heterocycles. The molecule has 1 aromatic carbocycles. The summed E-state index contributed by atoms with van der Waals surface area (Å²) in [5, 5.41) is 10.3. The van der Waals surface area contributed by atoms with Gasteiger partial charge in [0.15, 0.2) is 0 Å². The normalized spacial score (nSPS) is 19.5. The molecule has 3 heterocycles. The number of sulfonamides is 1. The van der Waals surface area contributed by atoms with E-state index in [1.54, 1.807) is 49.7 Å². The zero-order chi connectivity index (χ0) is 26.4. The van der Waals surface area contributed by atoms with Crippen LogP contribution in [0, 0.1) is 23.1 Å². The number of aromatic amines is 1. The lowest BCUT2D eigenvalue weighted by Gasteiger charge is -2.38. The third-order valence-corrected chi connectivity index (χ3v) is 10.2. The predicted molar refractivity (Wildman–Crippen MR) is 145 cm³/mol. The number of benzene rings is 1. The van der Waals surface area contributed by atoms with Gasteiger partial charge in [-0.3, -0.25) is 4.98 Å². The summed E-state index contributed by atoms with van der Waals surface area (Å²) in [4.78, 5) is 12.3. The molecule has 5 rings (SSSR count). The van der Waals surface area contributed by atoms with Crippen molar-refractivity contribution >= 4 is 54.8 Å². The lowest BCUT2D eigenvalue weighted by atomic mass is 9.87. The van der Waals surface area contributed by atoms with Crippen LogP contribution in [0.3, 0.4) is 0 Å². The van der Waals surface area contributed by atoms with E-state index in [2.05, 4.69) is 21.0 Å². The van der Waals surface area contributed by atoms with E-state index >= 15 is 0 Å². The van der Waals surface area contributed by atoms with Gasteiger partial charge < -0.3 is 4.98 Å². The number of hydrogen-bond acceptors (Lipinski definition) is 6. The number of nitrogens with zero attached hydrogens (tertiary/aromatic N) is 4. The van der Waals surface area contributed by atoms with Crippen LogP contribution in [-0.2, 0) is 10.0 Å². The second kappa shape index (κ2) is 9.41. The topological polar surface area (TPSA) is 103 Å². The molecular weight excluding hydrogens is 533 g/mol. The Bertz CT molecular complexity index is 1700. The molecule has 37 heavy (non-hydrogen) atoms. The molecule has 0 radical (unpaired) electrons. The van der Waals surface area contributed by atoms with Gasteiger partial charge in [-0.15, -0.1) is 0 Å². The van der Waals surface area contributed by atoms with Gasteiger partial charge in [0.25, 0.3) is 10.0 Å². The molecule has 4 aromatic rings. The molecule has 1 N–H and O–H groups in total. The predicted octanol–water partition coefficient (Wildman–Crippen LogP) is 6.64. The van der Waals surface area contributed by atoms with E-state index in [4.69, 9.17) is 11.6 Å². The minimum absolute atomic E-state index is 0.0672. The van der Waals surface area contributed by atoms with Crippen LogP contribution in [0.2, 0.25) is 0 Å². The summed E-state index contributed by atoms with van der Waals surface area (Å²) in [6.45, 7) is 3.55. The first-order chi connectivity index (χ1) is 17.7. The second-order valence-electron chi connectivity index (χ2n) is 8.72. The molecule has 11 heteroatoms. The van der Waals surface area contributed by atoms with Crippen LogP contribution >= 0.6 is 22.9 Å². The Hall–Kier alpha value is -3.52. The average Bonchev–Trinajstić information content (AvgIpc) is 3.49. The fourth-order valence-electron chi connectivity index (χ4n) is 4.54. The molecule has 0 fully saturated rings. The summed E-state index contributed by atoms with van der Waals surface area (Å²) in [6, 6.07) is 11.2. The van der Waals surface area contributed by atoms with Crippen LogP contribution in [0.5, 0.6) is 0 Å². The summed E-state index contributed by atoms with van der Waals surface area (Å²) in [6.07, 6.45) is 8.75. The van der Waals surface area contributed by atoms with Crippen molar-refractivity contribution in [2.45, 2.75) is 25.0 Å². The Morgan fingerprint density at radius 1 is 1.30 bits per heavy atom. The van der Waals surface area contributed by atoms with Crippen molar-refractivity contribution < 1.29 is 12.8 Å². The highest BCUT2D eigenvalue weighted by atomic mass is 35.5. The van der Waals surface area contributed by atoms with Crippen LogP contribution < -0.4 is 4.31 Å². The number of fused-ring (bicyclic) bond motifs is 1. The summed E-state index contributed by atoms with van der Waals surface area (Å²) < 4.78 is 42.6. The molecule has 0 saturated carbocycles. The van der Waals surface area contributed by atoms with Crippen LogP contribution in [0.4, 0.5) is 15.2 Å². The summed E-state index contributed by atoms with van der Waals surface area (Å²) in [5.74, 6) is -0.799. The Labute approximate surface area is 222 Å². The molecule has 0 amide bonds. The maximum absolute atomic E-state index is 14.6. The minimum Gasteiger partial charge on any atom is -0.358 e. The quantitative estimate of drug-likeness (QED) is 0.288. The number of anilines is 2. The molecule has 0 saturated heterocycles. The van der Waals surface area contributed by atoms with Gasteiger partial charge in [0.1, 0.15) is 38.4 Å². The fraction of sp³-hybridized carbons (Fsp3) is 0.192. The van der Waals surface area contributed by atoms with E-state index in [0.29, 0.717) is 28.0 Å². The van der Waals surface area contributed by atoms with Crippen LogP contribution in [0.1, 0.15) is 25.1 Å². The van der Waals surface area contributed by atoms with Crippen molar-refractivity contribution in [2.24, 2.45) is 5.92 Å². The Balaban J connectivity index is 1.77. The van der Waals surface area contributed by atoms with Gasteiger partial charge in [-0.1, -0.05) is 35.9 Å².